The summed E-state index contributed by atoms with van der Waals surface area (Å²) >= 11 is 0. The third kappa shape index (κ3) is 8.17. The number of amides is 5. The molecule has 19 heteroatoms. The second-order valence-corrected chi connectivity index (χ2v) is 20.5. The minimum Gasteiger partial charge on any atom is -0.381 e. The summed E-state index contributed by atoms with van der Waals surface area (Å²) in [5.74, 6) is -0.849. The molecule has 72 heavy (non-hydrogen) atoms. The van der Waals surface area contributed by atoms with Crippen molar-refractivity contribution in [1.29, 1.82) is 0 Å². The van der Waals surface area contributed by atoms with E-state index < -0.39 is 36.1 Å². The Hall–Kier alpha value is -6.73. The van der Waals surface area contributed by atoms with E-state index in [9.17, 15) is 24.0 Å². The summed E-state index contributed by atoms with van der Waals surface area (Å²) in [6.07, 6.45) is 8.82. The number of piperazine rings is 1. The molecule has 3 aromatic heterocycles. The van der Waals surface area contributed by atoms with Gasteiger partial charge in [0.05, 0.1) is 35.1 Å². The van der Waals surface area contributed by atoms with Gasteiger partial charge in [-0.3, -0.25) is 43.8 Å². The SMILES string of the molecule is CC(=O)N1CCc2c(c(N3CCCc4cc(-c5cc6nccn6cc5N5CCN(CC6CCN(c7cccc8c7C(=O)N(C7CCC(=O)NC7=O)C8=O)CC6)CC5)c(C(F)F)cc43)nn2C2CCOCC2)C1. The molecule has 5 amide bonds. The second-order valence-electron chi connectivity index (χ2n) is 20.5. The van der Waals surface area contributed by atoms with E-state index in [0.29, 0.717) is 93.8 Å². The van der Waals surface area contributed by atoms with Crippen LogP contribution in [0, 0.1) is 5.92 Å². The number of aryl methyl sites for hydroxylation is 1. The number of hydrogen-bond donors (Lipinski definition) is 1. The predicted octanol–water partition coefficient (Wildman–Crippen LogP) is 5.92. The number of imidazole rings is 1. The molecule has 7 aliphatic rings. The van der Waals surface area contributed by atoms with E-state index in [-0.39, 0.29) is 35.9 Å². The van der Waals surface area contributed by atoms with E-state index >= 15 is 8.78 Å². The summed E-state index contributed by atoms with van der Waals surface area (Å²) in [5.41, 5.74) is 7.95. The largest absolute Gasteiger partial charge is 0.381 e. The molecule has 1 unspecified atom stereocenters. The Morgan fingerprint density at radius 2 is 1.61 bits per heavy atom. The molecule has 0 spiro atoms. The minimum atomic E-state index is -2.75. The number of nitrogens with one attached hydrogen (secondary N) is 1. The molecule has 5 aromatic rings. The van der Waals surface area contributed by atoms with Gasteiger partial charge in [0.25, 0.3) is 18.2 Å². The van der Waals surface area contributed by atoms with E-state index in [1.807, 2.05) is 39.9 Å². The number of carbonyl (C=O) groups is 5. The zero-order valence-corrected chi connectivity index (χ0v) is 40.5. The summed E-state index contributed by atoms with van der Waals surface area (Å²) < 4.78 is 41.2. The van der Waals surface area contributed by atoms with Crippen LogP contribution in [-0.2, 0) is 38.5 Å². The standard InChI is InChI=1S/C53H59F2N11O6/c1-32(67)62-18-11-41-40(30-62)50(58-66(41)35-12-24-72-25-13-35)64-15-3-4-34-26-37(39(49(54)55)27-44(34)64)38-28-46-56-14-19-63(46)31-45(38)61-22-20-59(21-23-61)29-33-9-16-60(17-10-33)42-6-2-5-36-48(42)53(71)65(52(36)70)43-7-8-47(68)57-51(43)69/h2,5-6,14,19,26-28,31,33,35,43,49H,3-4,7-13,15-18,20-25,29-30H2,1H3,(H,57,68,69). The minimum absolute atomic E-state index is 0.00895. The van der Waals surface area contributed by atoms with Crippen molar-refractivity contribution in [2.45, 2.75) is 89.8 Å². The molecule has 0 aliphatic carbocycles. The molecule has 2 aromatic carbocycles. The molecule has 1 N–H and O–H groups in total. The Morgan fingerprint density at radius 1 is 0.819 bits per heavy atom. The topological polar surface area (TPSA) is 161 Å². The Balaban J connectivity index is 0.762. The number of pyridine rings is 1. The molecule has 4 fully saturated rings. The van der Waals surface area contributed by atoms with E-state index in [2.05, 4.69) is 34.6 Å². The van der Waals surface area contributed by atoms with E-state index in [0.717, 1.165) is 103 Å². The lowest BCUT2D eigenvalue weighted by molar-refractivity contribution is -0.136. The van der Waals surface area contributed by atoms with Crippen LogP contribution in [-0.4, -0.2) is 142 Å². The van der Waals surface area contributed by atoms with Gasteiger partial charge >= 0.3 is 0 Å². The monoisotopic (exact) mass is 983 g/mol. The first kappa shape index (κ1) is 46.3. The zero-order chi connectivity index (χ0) is 49.4. The number of ether oxygens (including phenoxy) is 1. The lowest BCUT2D eigenvalue weighted by Gasteiger charge is -2.40. The van der Waals surface area contributed by atoms with Gasteiger partial charge in [0.2, 0.25) is 17.7 Å². The number of hydrogen-bond acceptors (Lipinski definition) is 12. The summed E-state index contributed by atoms with van der Waals surface area (Å²) in [4.78, 5) is 81.1. The Labute approximate surface area is 415 Å². The molecule has 0 bridgehead atoms. The normalized spacial score (nSPS) is 21.5. The van der Waals surface area contributed by atoms with Crippen LogP contribution in [0.15, 0.2) is 55.0 Å². The van der Waals surface area contributed by atoms with Crippen LogP contribution in [0.5, 0.6) is 0 Å². The number of anilines is 4. The Bertz CT molecular complexity index is 3000. The van der Waals surface area contributed by atoms with E-state index in [4.69, 9.17) is 9.84 Å². The number of carbonyl (C=O) groups excluding carboxylic acids is 5. The number of rotatable bonds is 9. The molecular weight excluding hydrogens is 925 g/mol. The molecule has 10 heterocycles. The highest BCUT2D eigenvalue weighted by Gasteiger charge is 2.46. The highest BCUT2D eigenvalue weighted by atomic mass is 19.3. The molecule has 7 aliphatic heterocycles. The van der Waals surface area contributed by atoms with Gasteiger partial charge in [-0.05, 0) is 92.3 Å². The molecule has 0 saturated carbocycles. The summed E-state index contributed by atoms with van der Waals surface area (Å²) in [5, 5.41) is 7.55. The predicted molar refractivity (Wildman–Crippen MR) is 264 cm³/mol. The third-order valence-electron chi connectivity index (χ3n) is 16.3. The van der Waals surface area contributed by atoms with Gasteiger partial charge in [-0.1, -0.05) is 6.07 Å². The molecule has 376 valence electrons. The second kappa shape index (κ2) is 18.7. The lowest BCUT2D eigenvalue weighted by Crippen LogP contribution is -2.54. The van der Waals surface area contributed by atoms with Gasteiger partial charge in [0.15, 0.2) is 5.82 Å². The fourth-order valence-electron chi connectivity index (χ4n) is 12.5. The first-order valence-corrected chi connectivity index (χ1v) is 25.7. The van der Waals surface area contributed by atoms with E-state index in [1.165, 1.54) is 0 Å². The molecule has 12 rings (SSSR count). The molecule has 1 atom stereocenters. The van der Waals surface area contributed by atoms with Crippen molar-refractivity contribution in [3.05, 3.63) is 88.5 Å². The Morgan fingerprint density at radius 3 is 2.38 bits per heavy atom. The summed E-state index contributed by atoms with van der Waals surface area (Å²) in [7, 11) is 0. The lowest BCUT2D eigenvalue weighted by atomic mass is 9.91. The van der Waals surface area contributed by atoms with Crippen LogP contribution in [0.4, 0.5) is 31.7 Å². The Kier molecular flexibility index (Phi) is 12.0. The number of piperidine rings is 2. The number of imide groups is 2. The number of benzene rings is 2. The fraction of sp³-hybridized carbons (Fsp3) is 0.491. The van der Waals surface area contributed by atoms with Crippen LogP contribution >= 0.6 is 0 Å². The van der Waals surface area contributed by atoms with Gasteiger partial charge in [-0.25, -0.2) is 13.8 Å². The number of fused-ring (bicyclic) bond motifs is 4. The van der Waals surface area contributed by atoms with Gasteiger partial charge in [0, 0.05) is 139 Å². The van der Waals surface area contributed by atoms with Crippen molar-refractivity contribution in [1.82, 2.24) is 39.2 Å². The van der Waals surface area contributed by atoms with Crippen LogP contribution in [0.25, 0.3) is 16.8 Å². The fourth-order valence-corrected chi connectivity index (χ4v) is 12.5. The molecule has 17 nitrogen and oxygen atoms in total. The van der Waals surface area contributed by atoms with Crippen LogP contribution in [0.2, 0.25) is 0 Å². The molecule has 0 radical (unpaired) electrons. The first-order valence-electron chi connectivity index (χ1n) is 25.7. The van der Waals surface area contributed by atoms with Crippen molar-refractivity contribution < 1.29 is 37.5 Å². The highest BCUT2D eigenvalue weighted by molar-refractivity contribution is 6.25. The van der Waals surface area contributed by atoms with Gasteiger partial charge < -0.3 is 28.7 Å². The third-order valence-corrected chi connectivity index (χ3v) is 16.3. The maximum absolute atomic E-state index is 15.7. The number of halogens is 2. The average molecular weight is 984 g/mol. The highest BCUT2D eigenvalue weighted by Crippen LogP contribution is 2.46. The van der Waals surface area contributed by atoms with Crippen LogP contribution < -0.4 is 20.0 Å². The van der Waals surface area contributed by atoms with Crippen LogP contribution in [0.3, 0.4) is 0 Å². The number of aromatic nitrogens is 4. The van der Waals surface area contributed by atoms with Crippen molar-refractivity contribution >= 4 is 58.1 Å². The maximum atomic E-state index is 15.7. The van der Waals surface area contributed by atoms with Crippen molar-refractivity contribution in [2.24, 2.45) is 5.92 Å². The zero-order valence-electron chi connectivity index (χ0n) is 40.5. The number of alkyl halides is 2. The van der Waals surface area contributed by atoms with Crippen LogP contribution in [0.1, 0.15) is 107 Å². The summed E-state index contributed by atoms with van der Waals surface area (Å²) in [6, 6.07) is 10.1. The van der Waals surface area contributed by atoms with Crippen molar-refractivity contribution in [3.8, 4) is 11.1 Å². The quantitative estimate of drug-likeness (QED) is 0.174. The van der Waals surface area contributed by atoms with Crippen molar-refractivity contribution in [3.63, 3.8) is 0 Å². The maximum Gasteiger partial charge on any atom is 0.264 e. The average Bonchev–Trinajstić information content (AvgIpc) is 4.09. The van der Waals surface area contributed by atoms with Gasteiger partial charge in [-0.15, -0.1) is 0 Å². The molecular formula is C53H59F2N11O6. The van der Waals surface area contributed by atoms with E-state index in [1.54, 1.807) is 31.3 Å². The van der Waals surface area contributed by atoms with Crippen molar-refractivity contribution in [2.75, 3.05) is 86.8 Å². The van der Waals surface area contributed by atoms with Gasteiger partial charge in [0.1, 0.15) is 11.7 Å². The molecule has 4 saturated heterocycles. The van der Waals surface area contributed by atoms with Gasteiger partial charge in [-0.2, -0.15) is 5.10 Å². The summed E-state index contributed by atoms with van der Waals surface area (Å²) in [6.45, 7) is 9.96. The number of nitrogens with zero attached hydrogens (tertiary/aromatic N) is 10. The first-order chi connectivity index (χ1) is 35.0. The smallest absolute Gasteiger partial charge is 0.264 e.